The highest BCUT2D eigenvalue weighted by molar-refractivity contribution is 6.00. The van der Waals surface area contributed by atoms with Gasteiger partial charge in [0.25, 0.3) is 5.95 Å². The van der Waals surface area contributed by atoms with Crippen molar-refractivity contribution in [1.82, 2.24) is 29.6 Å². The lowest BCUT2D eigenvalue weighted by molar-refractivity contribution is 0.0698. The first kappa shape index (κ1) is 18.3. The number of nitrogens with zero attached hydrogens (tertiary/aromatic N) is 6. The van der Waals surface area contributed by atoms with Crippen molar-refractivity contribution in [3.8, 4) is 23.0 Å². The Kier molecular flexibility index (Phi) is 4.29. The molecule has 0 aliphatic rings. The van der Waals surface area contributed by atoms with Gasteiger partial charge in [0.15, 0.2) is 5.82 Å². The number of anilines is 1. The van der Waals surface area contributed by atoms with Crippen LogP contribution in [0.4, 0.5) is 5.82 Å². The number of benzene rings is 2. The van der Waals surface area contributed by atoms with Crippen LogP contribution in [0.25, 0.3) is 28.1 Å². The highest BCUT2D eigenvalue weighted by Crippen LogP contribution is 2.30. The van der Waals surface area contributed by atoms with E-state index in [1.807, 2.05) is 24.3 Å². The predicted octanol–water partition coefficient (Wildman–Crippen LogP) is 2.96. The molecule has 0 spiro atoms. The number of aromatic nitrogens is 6. The van der Waals surface area contributed by atoms with Crippen molar-refractivity contribution >= 4 is 22.7 Å². The topological polar surface area (TPSA) is 131 Å². The smallest absolute Gasteiger partial charge is 0.341 e. The lowest BCUT2D eigenvalue weighted by Crippen LogP contribution is -2.19. The molecule has 0 saturated carbocycles. The largest absolute Gasteiger partial charge is 0.508 e. The Morgan fingerprint density at radius 1 is 1.00 bits per heavy atom. The van der Waals surface area contributed by atoms with E-state index in [1.165, 1.54) is 21.6 Å². The van der Waals surface area contributed by atoms with Crippen molar-refractivity contribution in [3.05, 3.63) is 78.8 Å². The Morgan fingerprint density at radius 2 is 1.87 bits per heavy atom. The average molecular weight is 413 g/mol. The maximum absolute atomic E-state index is 12.3. The Hall–Kier alpha value is -4.73. The zero-order valence-corrected chi connectivity index (χ0v) is 15.9. The van der Waals surface area contributed by atoms with E-state index >= 15 is 0 Å². The van der Waals surface area contributed by atoms with E-state index in [0.29, 0.717) is 5.56 Å². The van der Waals surface area contributed by atoms with E-state index in [2.05, 4.69) is 25.6 Å². The van der Waals surface area contributed by atoms with Gasteiger partial charge in [0.2, 0.25) is 0 Å². The Balaban J connectivity index is 1.75. The number of carboxylic acids is 1. The molecule has 0 amide bonds. The Bertz CT molecular complexity index is 1410. The number of para-hydroxylation sites is 1. The van der Waals surface area contributed by atoms with Crippen LogP contribution in [0.3, 0.4) is 0 Å². The van der Waals surface area contributed by atoms with Gasteiger partial charge in [0, 0.05) is 23.3 Å². The first-order chi connectivity index (χ1) is 15.1. The van der Waals surface area contributed by atoms with E-state index in [9.17, 15) is 15.0 Å². The van der Waals surface area contributed by atoms with Crippen molar-refractivity contribution in [2.75, 3.05) is 5.43 Å². The van der Waals surface area contributed by atoms with Crippen LogP contribution in [0.5, 0.6) is 5.75 Å². The lowest BCUT2D eigenvalue weighted by Gasteiger charge is -2.15. The molecule has 152 valence electrons. The molecule has 0 fully saturated rings. The van der Waals surface area contributed by atoms with Crippen LogP contribution in [-0.2, 0) is 0 Å². The summed E-state index contributed by atoms with van der Waals surface area (Å²) in [6, 6.07) is 15.4. The molecule has 3 aromatic heterocycles. The monoisotopic (exact) mass is 413 g/mol. The van der Waals surface area contributed by atoms with Gasteiger partial charge < -0.3 is 10.2 Å². The summed E-state index contributed by atoms with van der Waals surface area (Å²) >= 11 is 0. The molecule has 2 aromatic carbocycles. The fourth-order valence-electron chi connectivity index (χ4n) is 3.25. The first-order valence-corrected chi connectivity index (χ1v) is 9.25. The lowest BCUT2D eigenvalue weighted by atomic mass is 10.1. The van der Waals surface area contributed by atoms with Crippen LogP contribution in [0.2, 0.25) is 0 Å². The molecule has 0 unspecified atom stereocenters. The fourth-order valence-corrected chi connectivity index (χ4v) is 3.25. The standard InChI is InChI=1S/C21H15N7O3/c29-15-7-3-6-13(11-15)18-17(20(30)31)19(25-21(24-18)27-10-4-9-22-27)26-28-16-8-2-1-5-14(16)12-23-28/h1-12,29H,(H,30,31)(H,24,25,26). The number of aromatic carboxylic acids is 1. The number of aromatic hydroxyl groups is 1. The minimum absolute atomic E-state index is 0.0133. The Labute approximate surface area is 175 Å². The molecule has 10 heteroatoms. The first-order valence-electron chi connectivity index (χ1n) is 9.25. The van der Waals surface area contributed by atoms with Crippen LogP contribution in [0.1, 0.15) is 10.4 Å². The molecule has 0 saturated heterocycles. The second-order valence-electron chi connectivity index (χ2n) is 6.63. The van der Waals surface area contributed by atoms with Gasteiger partial charge in [-0.2, -0.15) is 20.0 Å². The summed E-state index contributed by atoms with van der Waals surface area (Å²) in [6.07, 6.45) is 4.88. The molecular weight excluding hydrogens is 398 g/mol. The third-order valence-corrected chi connectivity index (χ3v) is 4.63. The third-order valence-electron chi connectivity index (χ3n) is 4.63. The summed E-state index contributed by atoms with van der Waals surface area (Å²) in [5.41, 5.74) is 4.10. The van der Waals surface area contributed by atoms with Crippen LogP contribution < -0.4 is 5.43 Å². The third kappa shape index (κ3) is 3.31. The van der Waals surface area contributed by atoms with Crippen molar-refractivity contribution < 1.29 is 15.0 Å². The number of phenols is 1. The molecule has 10 nitrogen and oxygen atoms in total. The predicted molar refractivity (Wildman–Crippen MR) is 112 cm³/mol. The van der Waals surface area contributed by atoms with Gasteiger partial charge in [0.05, 0.1) is 17.4 Å². The number of nitrogens with one attached hydrogen (secondary N) is 1. The van der Waals surface area contributed by atoms with E-state index in [4.69, 9.17) is 0 Å². The van der Waals surface area contributed by atoms with E-state index in [1.54, 1.807) is 36.8 Å². The van der Waals surface area contributed by atoms with Crippen LogP contribution in [0, 0.1) is 0 Å². The molecule has 3 heterocycles. The minimum Gasteiger partial charge on any atom is -0.508 e. The number of fused-ring (bicyclic) bond motifs is 1. The van der Waals surface area contributed by atoms with E-state index in [-0.39, 0.29) is 28.8 Å². The quantitative estimate of drug-likeness (QED) is 0.401. The molecule has 5 aromatic rings. The fraction of sp³-hybridized carbons (Fsp3) is 0. The number of carboxylic acid groups (broad SMARTS) is 1. The average Bonchev–Trinajstić information content (AvgIpc) is 3.44. The van der Waals surface area contributed by atoms with Gasteiger partial charge in [-0.25, -0.2) is 14.5 Å². The molecule has 0 aliphatic carbocycles. The maximum Gasteiger partial charge on any atom is 0.341 e. The minimum atomic E-state index is -1.23. The molecular formula is C21H15N7O3. The normalized spacial score (nSPS) is 11.0. The second kappa shape index (κ2) is 7.26. The maximum atomic E-state index is 12.3. The SMILES string of the molecule is O=C(O)c1c(Nn2ncc3ccccc32)nc(-n2cccn2)nc1-c1cccc(O)c1. The number of phenolic OH excluding ortho intramolecular Hbond substituents is 1. The van der Waals surface area contributed by atoms with Crippen molar-refractivity contribution in [2.24, 2.45) is 0 Å². The molecule has 0 atom stereocenters. The molecule has 0 aliphatic heterocycles. The van der Waals surface area contributed by atoms with Crippen LogP contribution in [0.15, 0.2) is 73.2 Å². The summed E-state index contributed by atoms with van der Waals surface area (Å²) in [5.74, 6) is -1.06. The van der Waals surface area contributed by atoms with Crippen molar-refractivity contribution in [2.45, 2.75) is 0 Å². The van der Waals surface area contributed by atoms with Gasteiger partial charge in [-0.15, -0.1) is 0 Å². The summed E-state index contributed by atoms with van der Waals surface area (Å²) in [7, 11) is 0. The summed E-state index contributed by atoms with van der Waals surface area (Å²) in [6.45, 7) is 0. The second-order valence-corrected chi connectivity index (χ2v) is 6.63. The van der Waals surface area contributed by atoms with Gasteiger partial charge in [-0.1, -0.05) is 30.3 Å². The van der Waals surface area contributed by atoms with Gasteiger partial charge in [0.1, 0.15) is 11.3 Å². The molecule has 31 heavy (non-hydrogen) atoms. The highest BCUT2D eigenvalue weighted by atomic mass is 16.4. The summed E-state index contributed by atoms with van der Waals surface area (Å²) < 4.78 is 1.42. The molecule has 0 radical (unpaired) electrons. The highest BCUT2D eigenvalue weighted by Gasteiger charge is 2.23. The van der Waals surface area contributed by atoms with Gasteiger partial charge >= 0.3 is 5.97 Å². The Morgan fingerprint density at radius 3 is 2.65 bits per heavy atom. The number of rotatable bonds is 5. The molecule has 0 bridgehead atoms. The van der Waals surface area contributed by atoms with Crippen molar-refractivity contribution in [1.29, 1.82) is 0 Å². The van der Waals surface area contributed by atoms with Crippen LogP contribution in [-0.4, -0.2) is 45.8 Å². The van der Waals surface area contributed by atoms with Crippen molar-refractivity contribution in [3.63, 3.8) is 0 Å². The van der Waals surface area contributed by atoms with E-state index in [0.717, 1.165) is 10.9 Å². The van der Waals surface area contributed by atoms with Crippen LogP contribution >= 0.6 is 0 Å². The van der Waals surface area contributed by atoms with E-state index < -0.39 is 5.97 Å². The molecule has 3 N–H and O–H groups in total. The number of hydrogen-bond donors (Lipinski definition) is 3. The number of carbonyl (C=O) groups is 1. The molecule has 5 rings (SSSR count). The number of hydrogen-bond acceptors (Lipinski definition) is 7. The summed E-state index contributed by atoms with van der Waals surface area (Å²) in [5, 5.41) is 29.2. The van der Waals surface area contributed by atoms with Gasteiger partial charge in [-0.3, -0.25) is 5.43 Å². The zero-order valence-electron chi connectivity index (χ0n) is 15.9. The summed E-state index contributed by atoms with van der Waals surface area (Å²) in [4.78, 5) is 22.5. The zero-order chi connectivity index (χ0) is 21.4. The van der Waals surface area contributed by atoms with Gasteiger partial charge in [-0.05, 0) is 24.3 Å².